The fourth-order valence-corrected chi connectivity index (χ4v) is 2.76. The van der Waals surface area contributed by atoms with Crippen molar-refractivity contribution in [1.82, 2.24) is 4.98 Å². The molecule has 1 N–H and O–H groups in total. The number of methoxy groups -OCH3 is 1. The molecule has 0 radical (unpaired) electrons. The van der Waals surface area contributed by atoms with Crippen LogP contribution in [0.4, 0.5) is 5.82 Å². The second-order valence-electron chi connectivity index (χ2n) is 5.22. The first-order chi connectivity index (χ1) is 9.22. The van der Waals surface area contributed by atoms with E-state index in [2.05, 4.69) is 17.2 Å². The molecule has 0 bridgehead atoms. The molecule has 0 saturated heterocycles. The Balaban J connectivity index is 2.07. The van der Waals surface area contributed by atoms with Crippen molar-refractivity contribution in [2.24, 2.45) is 5.92 Å². The number of carbonyl (C=O) groups excluding carboxylic acids is 1. The molecule has 4 nitrogen and oxygen atoms in total. The standard InChI is InChI=1S/C15H22N2O2/c1-11(12-7-4-3-5-8-12)17-14-13(15(18)19-2)9-6-10-16-14/h6,9-12H,3-5,7-8H2,1-2H3,(H,16,17). The van der Waals surface area contributed by atoms with E-state index < -0.39 is 0 Å². The number of nitrogens with zero attached hydrogens (tertiary/aromatic N) is 1. The SMILES string of the molecule is COC(=O)c1cccnc1NC(C)C1CCCCC1. The molecule has 1 aliphatic rings. The Labute approximate surface area is 114 Å². The topological polar surface area (TPSA) is 51.2 Å². The maximum absolute atomic E-state index is 11.7. The van der Waals surface area contributed by atoms with E-state index in [1.54, 1.807) is 18.3 Å². The molecule has 1 aromatic rings. The van der Waals surface area contributed by atoms with Crippen molar-refractivity contribution in [2.45, 2.75) is 45.1 Å². The van der Waals surface area contributed by atoms with Crippen LogP contribution in [0.1, 0.15) is 49.4 Å². The summed E-state index contributed by atoms with van der Waals surface area (Å²) in [4.78, 5) is 16.0. The summed E-state index contributed by atoms with van der Waals surface area (Å²) in [6.07, 6.45) is 8.18. The van der Waals surface area contributed by atoms with Gasteiger partial charge in [0.1, 0.15) is 11.4 Å². The van der Waals surface area contributed by atoms with Gasteiger partial charge in [0.05, 0.1) is 7.11 Å². The number of rotatable bonds is 4. The molecule has 0 aliphatic heterocycles. The van der Waals surface area contributed by atoms with Gasteiger partial charge in [-0.2, -0.15) is 0 Å². The van der Waals surface area contributed by atoms with Gasteiger partial charge in [0.2, 0.25) is 0 Å². The predicted molar refractivity (Wildman–Crippen MR) is 75.2 cm³/mol. The summed E-state index contributed by atoms with van der Waals surface area (Å²) in [5.74, 6) is 0.958. The highest BCUT2D eigenvalue weighted by Gasteiger charge is 2.22. The number of esters is 1. The lowest BCUT2D eigenvalue weighted by Crippen LogP contribution is -2.29. The van der Waals surface area contributed by atoms with Crippen molar-refractivity contribution >= 4 is 11.8 Å². The summed E-state index contributed by atoms with van der Waals surface area (Å²) in [5.41, 5.74) is 0.507. The smallest absolute Gasteiger partial charge is 0.341 e. The highest BCUT2D eigenvalue weighted by molar-refractivity contribution is 5.94. The number of anilines is 1. The number of nitrogens with one attached hydrogen (secondary N) is 1. The lowest BCUT2D eigenvalue weighted by atomic mass is 9.84. The molecule has 0 aromatic carbocycles. The molecular weight excluding hydrogens is 240 g/mol. The van der Waals surface area contributed by atoms with Gasteiger partial charge in [-0.1, -0.05) is 19.3 Å². The molecule has 1 heterocycles. The number of carbonyl (C=O) groups is 1. The van der Waals surface area contributed by atoms with Crippen LogP contribution < -0.4 is 5.32 Å². The van der Waals surface area contributed by atoms with E-state index in [9.17, 15) is 4.79 Å². The van der Waals surface area contributed by atoms with Crippen LogP contribution in [-0.4, -0.2) is 24.1 Å². The van der Waals surface area contributed by atoms with Gasteiger partial charge in [-0.25, -0.2) is 9.78 Å². The van der Waals surface area contributed by atoms with E-state index in [0.29, 0.717) is 23.3 Å². The van der Waals surface area contributed by atoms with Crippen molar-refractivity contribution in [3.8, 4) is 0 Å². The van der Waals surface area contributed by atoms with Crippen LogP contribution in [0, 0.1) is 5.92 Å². The molecule has 0 spiro atoms. The minimum Gasteiger partial charge on any atom is -0.465 e. The van der Waals surface area contributed by atoms with Gasteiger partial charge < -0.3 is 10.1 Å². The van der Waals surface area contributed by atoms with Gasteiger partial charge in [0, 0.05) is 12.2 Å². The minimum absolute atomic E-state index is 0.332. The molecule has 4 heteroatoms. The second-order valence-corrected chi connectivity index (χ2v) is 5.22. The second kappa shape index (κ2) is 6.55. The predicted octanol–water partition coefficient (Wildman–Crippen LogP) is 3.25. The monoisotopic (exact) mass is 262 g/mol. The first-order valence-electron chi connectivity index (χ1n) is 7.02. The molecule has 1 fully saturated rings. The molecule has 1 aliphatic carbocycles. The Kier molecular flexibility index (Phi) is 4.77. The van der Waals surface area contributed by atoms with Gasteiger partial charge in [0.15, 0.2) is 0 Å². The van der Waals surface area contributed by atoms with Crippen molar-refractivity contribution in [3.63, 3.8) is 0 Å². The highest BCUT2D eigenvalue weighted by Crippen LogP contribution is 2.28. The molecule has 1 atom stereocenters. The van der Waals surface area contributed by atoms with E-state index in [4.69, 9.17) is 4.74 Å². The van der Waals surface area contributed by atoms with Crippen molar-refractivity contribution in [2.75, 3.05) is 12.4 Å². The highest BCUT2D eigenvalue weighted by atomic mass is 16.5. The number of hydrogen-bond donors (Lipinski definition) is 1. The fraction of sp³-hybridized carbons (Fsp3) is 0.600. The van der Waals surface area contributed by atoms with E-state index in [1.165, 1.54) is 39.2 Å². The van der Waals surface area contributed by atoms with Crippen LogP contribution in [0.15, 0.2) is 18.3 Å². The Hall–Kier alpha value is -1.58. The first-order valence-corrected chi connectivity index (χ1v) is 7.02. The Morgan fingerprint density at radius 3 is 2.84 bits per heavy atom. The average molecular weight is 262 g/mol. The maximum Gasteiger partial charge on any atom is 0.341 e. The fourth-order valence-electron chi connectivity index (χ4n) is 2.76. The Morgan fingerprint density at radius 1 is 1.42 bits per heavy atom. The minimum atomic E-state index is -0.341. The van der Waals surface area contributed by atoms with Gasteiger partial charge in [-0.3, -0.25) is 0 Å². The van der Waals surface area contributed by atoms with Gasteiger partial charge in [0.25, 0.3) is 0 Å². The molecule has 2 rings (SSSR count). The quantitative estimate of drug-likeness (QED) is 0.846. The average Bonchev–Trinajstić information content (AvgIpc) is 2.48. The Morgan fingerprint density at radius 2 is 2.16 bits per heavy atom. The van der Waals surface area contributed by atoms with E-state index in [1.807, 2.05) is 0 Å². The van der Waals surface area contributed by atoms with Crippen LogP contribution >= 0.6 is 0 Å². The number of ether oxygens (including phenoxy) is 1. The largest absolute Gasteiger partial charge is 0.465 e. The third-order valence-corrected chi connectivity index (χ3v) is 3.93. The third kappa shape index (κ3) is 3.46. The van der Waals surface area contributed by atoms with Crippen molar-refractivity contribution < 1.29 is 9.53 Å². The van der Waals surface area contributed by atoms with Crippen molar-refractivity contribution in [1.29, 1.82) is 0 Å². The zero-order valence-electron chi connectivity index (χ0n) is 11.7. The van der Waals surface area contributed by atoms with Crippen molar-refractivity contribution in [3.05, 3.63) is 23.9 Å². The van der Waals surface area contributed by atoms with Gasteiger partial charge in [-0.05, 0) is 37.8 Å². The number of pyridine rings is 1. The number of hydrogen-bond acceptors (Lipinski definition) is 4. The number of aromatic nitrogens is 1. The first kappa shape index (κ1) is 13.8. The summed E-state index contributed by atoms with van der Waals surface area (Å²) in [6.45, 7) is 2.17. The van der Waals surface area contributed by atoms with E-state index >= 15 is 0 Å². The molecule has 104 valence electrons. The lowest BCUT2D eigenvalue weighted by molar-refractivity contribution is 0.0601. The molecule has 0 amide bonds. The molecule has 19 heavy (non-hydrogen) atoms. The van der Waals surface area contributed by atoms with Crippen LogP contribution in [-0.2, 0) is 4.74 Å². The summed E-state index contributed by atoms with van der Waals surface area (Å²) in [7, 11) is 1.39. The molecular formula is C15H22N2O2. The third-order valence-electron chi connectivity index (χ3n) is 3.93. The normalized spacial score (nSPS) is 17.8. The summed E-state index contributed by atoms with van der Waals surface area (Å²) in [6, 6.07) is 3.83. The zero-order valence-corrected chi connectivity index (χ0v) is 11.7. The van der Waals surface area contributed by atoms with Crippen LogP contribution in [0.2, 0.25) is 0 Å². The van der Waals surface area contributed by atoms with Crippen LogP contribution in [0.5, 0.6) is 0 Å². The zero-order chi connectivity index (χ0) is 13.7. The molecule has 1 unspecified atom stereocenters. The Bertz CT molecular complexity index is 428. The molecule has 1 saturated carbocycles. The van der Waals surface area contributed by atoms with Crippen LogP contribution in [0.3, 0.4) is 0 Å². The van der Waals surface area contributed by atoms with Gasteiger partial charge in [-0.15, -0.1) is 0 Å². The van der Waals surface area contributed by atoms with Gasteiger partial charge >= 0.3 is 5.97 Å². The lowest BCUT2D eigenvalue weighted by Gasteiger charge is -2.29. The molecule has 1 aromatic heterocycles. The summed E-state index contributed by atoms with van der Waals surface area (Å²) < 4.78 is 4.79. The summed E-state index contributed by atoms with van der Waals surface area (Å²) >= 11 is 0. The maximum atomic E-state index is 11.7. The van der Waals surface area contributed by atoms with E-state index in [-0.39, 0.29) is 5.97 Å². The summed E-state index contributed by atoms with van der Waals surface area (Å²) in [5, 5.41) is 3.38. The van der Waals surface area contributed by atoms with E-state index in [0.717, 1.165) is 0 Å². The van der Waals surface area contributed by atoms with Crippen LogP contribution in [0.25, 0.3) is 0 Å².